The smallest absolute Gasteiger partial charge is 0.154 e. The van der Waals surface area contributed by atoms with Crippen LogP contribution in [-0.4, -0.2) is 11.6 Å². The van der Waals surface area contributed by atoms with Gasteiger partial charge in [-0.05, 0) is 38.5 Å². The van der Waals surface area contributed by atoms with Crippen LogP contribution in [0, 0.1) is 6.92 Å². The first-order valence-electron chi connectivity index (χ1n) is 6.83. The summed E-state index contributed by atoms with van der Waals surface area (Å²) < 4.78 is 5.67. The Morgan fingerprint density at radius 2 is 2.00 bits per heavy atom. The van der Waals surface area contributed by atoms with Crippen molar-refractivity contribution in [3.05, 3.63) is 51.8 Å². The lowest BCUT2D eigenvalue weighted by Crippen LogP contribution is -2.10. The zero-order valence-corrected chi connectivity index (χ0v) is 13.8. The van der Waals surface area contributed by atoms with Gasteiger partial charge in [-0.15, -0.1) is 0 Å². The van der Waals surface area contributed by atoms with Crippen molar-refractivity contribution in [2.45, 2.75) is 26.8 Å². The number of para-hydroxylation sites is 1. The van der Waals surface area contributed by atoms with E-state index < -0.39 is 0 Å². The van der Waals surface area contributed by atoms with E-state index in [0.29, 0.717) is 16.9 Å². The van der Waals surface area contributed by atoms with E-state index >= 15 is 0 Å². The Morgan fingerprint density at radius 1 is 1.29 bits per heavy atom. The zero-order chi connectivity index (χ0) is 15.4. The number of ether oxygens (including phenoxy) is 1. The van der Waals surface area contributed by atoms with Gasteiger partial charge in [0.05, 0.1) is 18.3 Å². The second-order valence-corrected chi connectivity index (χ2v) is 5.51. The number of hydrogen-bond donors (Lipinski definition) is 1. The Morgan fingerprint density at radius 3 is 2.67 bits per heavy atom. The highest BCUT2D eigenvalue weighted by molar-refractivity contribution is 6.34. The summed E-state index contributed by atoms with van der Waals surface area (Å²) >= 11 is 12.1. The van der Waals surface area contributed by atoms with Crippen molar-refractivity contribution in [1.29, 1.82) is 0 Å². The standard InChI is InChI=1S/C16H18Cl2N2O/c1-4-21-13-8-6-5-7-12(13)11(3)19-15-10(2)9-14(17)20-16(15)18/h5-9,11,19H,4H2,1-3H3. The van der Waals surface area contributed by atoms with E-state index in [1.54, 1.807) is 6.07 Å². The summed E-state index contributed by atoms with van der Waals surface area (Å²) in [6, 6.07) is 9.78. The Labute approximate surface area is 135 Å². The molecule has 0 radical (unpaired) electrons. The molecular weight excluding hydrogens is 307 g/mol. The first-order chi connectivity index (χ1) is 10.0. The zero-order valence-electron chi connectivity index (χ0n) is 12.3. The Balaban J connectivity index is 2.28. The van der Waals surface area contributed by atoms with E-state index in [0.717, 1.165) is 22.6 Å². The lowest BCUT2D eigenvalue weighted by molar-refractivity contribution is 0.335. The summed E-state index contributed by atoms with van der Waals surface area (Å²) in [5.74, 6) is 0.871. The highest BCUT2D eigenvalue weighted by atomic mass is 35.5. The number of pyridine rings is 1. The number of rotatable bonds is 5. The normalized spacial score (nSPS) is 12.0. The van der Waals surface area contributed by atoms with Crippen molar-refractivity contribution < 1.29 is 4.74 Å². The van der Waals surface area contributed by atoms with Crippen LogP contribution in [0.2, 0.25) is 10.3 Å². The van der Waals surface area contributed by atoms with Crippen molar-refractivity contribution >= 4 is 28.9 Å². The van der Waals surface area contributed by atoms with Crippen LogP contribution in [0.4, 0.5) is 5.69 Å². The second kappa shape index (κ2) is 7.01. The third kappa shape index (κ3) is 3.80. The summed E-state index contributed by atoms with van der Waals surface area (Å²) in [5.41, 5.74) is 2.82. The molecule has 2 rings (SSSR count). The van der Waals surface area contributed by atoms with Gasteiger partial charge in [-0.1, -0.05) is 41.4 Å². The highest BCUT2D eigenvalue weighted by Crippen LogP contribution is 2.32. The minimum atomic E-state index is 0.0342. The largest absolute Gasteiger partial charge is 0.494 e. The topological polar surface area (TPSA) is 34.1 Å². The van der Waals surface area contributed by atoms with Crippen LogP contribution in [-0.2, 0) is 0 Å². The molecule has 1 heterocycles. The molecule has 0 saturated carbocycles. The van der Waals surface area contributed by atoms with Gasteiger partial charge in [-0.2, -0.15) is 0 Å². The predicted octanol–water partition coefficient (Wildman–Crippen LogP) is 5.27. The molecule has 1 aromatic heterocycles. The van der Waals surface area contributed by atoms with Crippen LogP contribution in [0.3, 0.4) is 0 Å². The summed E-state index contributed by atoms with van der Waals surface area (Å²) in [6.45, 7) is 6.61. The van der Waals surface area contributed by atoms with E-state index in [4.69, 9.17) is 27.9 Å². The van der Waals surface area contributed by atoms with E-state index in [1.807, 2.05) is 38.1 Å². The molecule has 3 nitrogen and oxygen atoms in total. The van der Waals surface area contributed by atoms with Crippen LogP contribution in [0.5, 0.6) is 5.75 Å². The van der Waals surface area contributed by atoms with Crippen LogP contribution in [0.25, 0.3) is 0 Å². The molecule has 0 aliphatic carbocycles. The summed E-state index contributed by atoms with van der Waals surface area (Å²) in [6.07, 6.45) is 0. The molecule has 0 bridgehead atoms. The number of aryl methyl sites for hydroxylation is 1. The fourth-order valence-corrected chi connectivity index (χ4v) is 2.77. The van der Waals surface area contributed by atoms with Crippen molar-refractivity contribution in [3.63, 3.8) is 0 Å². The average molecular weight is 325 g/mol. The summed E-state index contributed by atoms with van der Waals surface area (Å²) in [7, 11) is 0. The van der Waals surface area contributed by atoms with Gasteiger partial charge in [0.2, 0.25) is 0 Å². The molecule has 0 amide bonds. The van der Waals surface area contributed by atoms with Crippen LogP contribution >= 0.6 is 23.2 Å². The Hall–Kier alpha value is -1.45. The van der Waals surface area contributed by atoms with Gasteiger partial charge < -0.3 is 10.1 Å². The summed E-state index contributed by atoms with van der Waals surface area (Å²) in [5, 5.41) is 4.16. The van der Waals surface area contributed by atoms with Crippen molar-refractivity contribution in [2.75, 3.05) is 11.9 Å². The van der Waals surface area contributed by atoms with Gasteiger partial charge in [0, 0.05) is 5.56 Å². The number of anilines is 1. The molecule has 1 aromatic carbocycles. The Kier molecular flexibility index (Phi) is 5.32. The number of hydrogen-bond acceptors (Lipinski definition) is 3. The van der Waals surface area contributed by atoms with Gasteiger partial charge in [0.25, 0.3) is 0 Å². The van der Waals surface area contributed by atoms with Crippen molar-refractivity contribution in [3.8, 4) is 5.75 Å². The molecule has 0 saturated heterocycles. The predicted molar refractivity (Wildman–Crippen MR) is 88.6 cm³/mol. The molecule has 112 valence electrons. The fraction of sp³-hybridized carbons (Fsp3) is 0.312. The lowest BCUT2D eigenvalue weighted by Gasteiger charge is -2.20. The van der Waals surface area contributed by atoms with Crippen molar-refractivity contribution in [2.24, 2.45) is 0 Å². The fourth-order valence-electron chi connectivity index (χ4n) is 2.19. The number of nitrogens with one attached hydrogen (secondary N) is 1. The molecule has 1 N–H and O–H groups in total. The number of benzene rings is 1. The Bertz CT molecular complexity index is 608. The van der Waals surface area contributed by atoms with Gasteiger partial charge in [-0.25, -0.2) is 4.98 Å². The lowest BCUT2D eigenvalue weighted by atomic mass is 10.1. The molecule has 0 aliphatic rings. The van der Waals surface area contributed by atoms with Crippen LogP contribution in [0.1, 0.15) is 31.0 Å². The minimum absolute atomic E-state index is 0.0342. The summed E-state index contributed by atoms with van der Waals surface area (Å²) in [4.78, 5) is 4.08. The van der Waals surface area contributed by atoms with E-state index in [1.165, 1.54) is 0 Å². The van der Waals surface area contributed by atoms with Crippen LogP contribution < -0.4 is 10.1 Å². The molecule has 0 spiro atoms. The van der Waals surface area contributed by atoms with Crippen LogP contribution in [0.15, 0.2) is 30.3 Å². The maximum atomic E-state index is 6.18. The van der Waals surface area contributed by atoms with Gasteiger partial charge in [0.1, 0.15) is 10.9 Å². The molecule has 1 atom stereocenters. The van der Waals surface area contributed by atoms with E-state index in [9.17, 15) is 0 Å². The minimum Gasteiger partial charge on any atom is -0.494 e. The van der Waals surface area contributed by atoms with Crippen molar-refractivity contribution in [1.82, 2.24) is 4.98 Å². The SMILES string of the molecule is CCOc1ccccc1C(C)Nc1c(C)cc(Cl)nc1Cl. The first kappa shape index (κ1) is 15.9. The van der Waals surface area contributed by atoms with Gasteiger partial charge in [0.15, 0.2) is 5.15 Å². The molecule has 5 heteroatoms. The highest BCUT2D eigenvalue weighted by Gasteiger charge is 2.15. The average Bonchev–Trinajstić information content (AvgIpc) is 2.43. The number of nitrogens with zero attached hydrogens (tertiary/aromatic N) is 1. The third-order valence-corrected chi connectivity index (χ3v) is 3.65. The molecule has 1 unspecified atom stereocenters. The van der Waals surface area contributed by atoms with Gasteiger partial charge in [-0.3, -0.25) is 0 Å². The number of halogens is 2. The third-order valence-electron chi connectivity index (χ3n) is 3.19. The van der Waals surface area contributed by atoms with E-state index in [-0.39, 0.29) is 6.04 Å². The molecule has 0 fully saturated rings. The molecule has 0 aliphatic heterocycles. The second-order valence-electron chi connectivity index (χ2n) is 4.76. The monoisotopic (exact) mass is 324 g/mol. The molecule has 2 aromatic rings. The molecule has 21 heavy (non-hydrogen) atoms. The quantitative estimate of drug-likeness (QED) is 0.761. The molecular formula is C16H18Cl2N2O. The first-order valence-corrected chi connectivity index (χ1v) is 7.59. The maximum Gasteiger partial charge on any atom is 0.154 e. The maximum absolute atomic E-state index is 6.18. The number of aromatic nitrogens is 1. The van der Waals surface area contributed by atoms with E-state index in [2.05, 4.69) is 17.2 Å². The van der Waals surface area contributed by atoms with Gasteiger partial charge >= 0.3 is 0 Å².